The van der Waals surface area contributed by atoms with Crippen molar-refractivity contribution in [1.82, 2.24) is 4.90 Å². The lowest BCUT2D eigenvalue weighted by Crippen LogP contribution is -2.58. The second kappa shape index (κ2) is 5.52. The summed E-state index contributed by atoms with van der Waals surface area (Å²) in [5, 5.41) is 3.81. The van der Waals surface area contributed by atoms with Gasteiger partial charge in [0.2, 0.25) is 0 Å². The van der Waals surface area contributed by atoms with Crippen LogP contribution in [-0.4, -0.2) is 44.0 Å². The second-order valence-corrected chi connectivity index (χ2v) is 8.51. The van der Waals surface area contributed by atoms with E-state index in [1.807, 2.05) is 12.4 Å². The van der Waals surface area contributed by atoms with Gasteiger partial charge in [0.1, 0.15) is 0 Å². The first-order valence-electron chi connectivity index (χ1n) is 6.51. The molecular formula is C13H22N2O2S2. The highest BCUT2D eigenvalue weighted by atomic mass is 32.2. The predicted molar refractivity (Wildman–Crippen MR) is 80.1 cm³/mol. The first kappa shape index (κ1) is 15.0. The minimum Gasteiger partial charge on any atom is -0.329 e. The van der Waals surface area contributed by atoms with Crippen molar-refractivity contribution in [2.24, 2.45) is 5.73 Å². The molecule has 1 saturated carbocycles. The van der Waals surface area contributed by atoms with Gasteiger partial charge in [-0.2, -0.15) is 11.3 Å². The van der Waals surface area contributed by atoms with Crippen LogP contribution in [-0.2, 0) is 16.4 Å². The van der Waals surface area contributed by atoms with Crippen molar-refractivity contribution in [2.45, 2.75) is 36.6 Å². The molecule has 0 spiro atoms. The molecule has 2 rings (SSSR count). The molecule has 0 aliphatic heterocycles. The van der Waals surface area contributed by atoms with Gasteiger partial charge in [-0.15, -0.1) is 0 Å². The molecule has 2 N–H and O–H groups in total. The van der Waals surface area contributed by atoms with Gasteiger partial charge < -0.3 is 5.73 Å². The van der Waals surface area contributed by atoms with E-state index in [1.54, 1.807) is 11.3 Å². The Hall–Kier alpha value is -0.430. The highest BCUT2D eigenvalue weighted by Gasteiger charge is 2.49. The van der Waals surface area contributed by atoms with Gasteiger partial charge in [0.15, 0.2) is 9.84 Å². The highest BCUT2D eigenvalue weighted by molar-refractivity contribution is 7.91. The molecule has 108 valence electrons. The van der Waals surface area contributed by atoms with Gasteiger partial charge in [-0.05, 0) is 42.3 Å². The van der Waals surface area contributed by atoms with Crippen LogP contribution in [0.2, 0.25) is 0 Å². The maximum Gasteiger partial charge on any atom is 0.152 e. The van der Waals surface area contributed by atoms with Crippen molar-refractivity contribution in [3.05, 3.63) is 22.4 Å². The first-order chi connectivity index (χ1) is 8.90. The summed E-state index contributed by atoms with van der Waals surface area (Å²) in [4.78, 5) is 2.15. The number of nitrogens with zero attached hydrogens (tertiary/aromatic N) is 1. The minimum atomic E-state index is -3.07. The van der Waals surface area contributed by atoms with Crippen LogP contribution >= 0.6 is 11.3 Å². The molecule has 0 aromatic carbocycles. The Labute approximate surface area is 119 Å². The normalized spacial score (nSPS) is 28.1. The van der Waals surface area contributed by atoms with Crippen LogP contribution in [0, 0.1) is 0 Å². The van der Waals surface area contributed by atoms with E-state index in [1.165, 1.54) is 11.8 Å². The summed E-state index contributed by atoms with van der Waals surface area (Å²) in [6.07, 6.45) is 3.86. The maximum atomic E-state index is 12.0. The van der Waals surface area contributed by atoms with E-state index in [0.717, 1.165) is 25.8 Å². The topological polar surface area (TPSA) is 63.4 Å². The zero-order valence-electron chi connectivity index (χ0n) is 11.5. The third-order valence-corrected chi connectivity index (χ3v) is 6.75. The number of likely N-dealkylation sites (N-methyl/N-ethyl adjacent to an activating group) is 1. The van der Waals surface area contributed by atoms with Crippen LogP contribution < -0.4 is 5.73 Å². The summed E-state index contributed by atoms with van der Waals surface area (Å²) in [7, 11) is -1.07. The molecule has 1 aliphatic carbocycles. The SMILES string of the molecule is CN(Cc1ccsc1)C1(CN)CCCC1S(C)(=O)=O. The molecule has 2 unspecified atom stereocenters. The van der Waals surface area contributed by atoms with Gasteiger partial charge in [0.25, 0.3) is 0 Å². The first-order valence-corrected chi connectivity index (χ1v) is 9.41. The van der Waals surface area contributed by atoms with Crippen molar-refractivity contribution in [3.63, 3.8) is 0 Å². The second-order valence-electron chi connectivity index (χ2n) is 5.51. The molecule has 1 heterocycles. The van der Waals surface area contributed by atoms with Crippen LogP contribution in [0.5, 0.6) is 0 Å². The molecule has 1 aromatic heterocycles. The number of hydrogen-bond donors (Lipinski definition) is 1. The Morgan fingerprint density at radius 3 is 2.84 bits per heavy atom. The summed E-state index contributed by atoms with van der Waals surface area (Å²) in [6.45, 7) is 1.15. The molecule has 4 nitrogen and oxygen atoms in total. The molecular weight excluding hydrogens is 280 g/mol. The maximum absolute atomic E-state index is 12.0. The summed E-state index contributed by atoms with van der Waals surface area (Å²) in [5.41, 5.74) is 6.80. The third-order valence-electron chi connectivity index (χ3n) is 4.31. The van der Waals surface area contributed by atoms with E-state index in [0.29, 0.717) is 6.54 Å². The zero-order chi connectivity index (χ0) is 14.1. The lowest BCUT2D eigenvalue weighted by atomic mass is 9.95. The summed E-state index contributed by atoms with van der Waals surface area (Å²) < 4.78 is 24.1. The van der Waals surface area contributed by atoms with Gasteiger partial charge in [-0.25, -0.2) is 8.42 Å². The Morgan fingerprint density at radius 1 is 1.58 bits per heavy atom. The van der Waals surface area contributed by atoms with Crippen molar-refractivity contribution < 1.29 is 8.42 Å². The van der Waals surface area contributed by atoms with Crippen molar-refractivity contribution in [2.75, 3.05) is 19.8 Å². The quantitative estimate of drug-likeness (QED) is 0.895. The molecule has 0 radical (unpaired) electrons. The number of hydrogen-bond acceptors (Lipinski definition) is 5. The summed E-state index contributed by atoms with van der Waals surface area (Å²) >= 11 is 1.66. The van der Waals surface area contributed by atoms with E-state index in [-0.39, 0.29) is 5.25 Å². The lowest BCUT2D eigenvalue weighted by molar-refractivity contribution is 0.126. The third kappa shape index (κ3) is 2.86. The van der Waals surface area contributed by atoms with Gasteiger partial charge in [-0.1, -0.05) is 6.42 Å². The molecule has 1 fully saturated rings. The van der Waals surface area contributed by atoms with Gasteiger partial charge in [-0.3, -0.25) is 4.90 Å². The van der Waals surface area contributed by atoms with Crippen LogP contribution in [0.15, 0.2) is 16.8 Å². The van der Waals surface area contributed by atoms with Crippen molar-refractivity contribution >= 4 is 21.2 Å². The van der Waals surface area contributed by atoms with Crippen LogP contribution in [0.3, 0.4) is 0 Å². The standard InChI is InChI=1S/C13H22N2O2S2/c1-15(8-11-5-7-18-9-11)13(10-14)6-3-4-12(13)19(2,16)17/h5,7,9,12H,3-4,6,8,10,14H2,1-2H3. The van der Waals surface area contributed by atoms with E-state index >= 15 is 0 Å². The summed E-state index contributed by atoms with van der Waals surface area (Å²) in [6, 6.07) is 2.08. The minimum absolute atomic E-state index is 0.339. The number of sulfone groups is 1. The molecule has 0 saturated heterocycles. The Balaban J connectivity index is 2.26. The molecule has 6 heteroatoms. The molecule has 2 atom stereocenters. The van der Waals surface area contributed by atoms with E-state index in [4.69, 9.17) is 5.73 Å². The van der Waals surface area contributed by atoms with Gasteiger partial charge >= 0.3 is 0 Å². The average Bonchev–Trinajstić information content (AvgIpc) is 2.96. The summed E-state index contributed by atoms with van der Waals surface area (Å²) in [5.74, 6) is 0. The molecule has 0 bridgehead atoms. The Morgan fingerprint density at radius 2 is 2.32 bits per heavy atom. The molecule has 19 heavy (non-hydrogen) atoms. The highest BCUT2D eigenvalue weighted by Crippen LogP contribution is 2.39. The van der Waals surface area contributed by atoms with Crippen molar-refractivity contribution in [1.29, 1.82) is 0 Å². The van der Waals surface area contributed by atoms with E-state index in [2.05, 4.69) is 16.3 Å². The smallest absolute Gasteiger partial charge is 0.152 e. The fourth-order valence-electron chi connectivity index (χ4n) is 3.28. The Bertz CT molecular complexity index is 513. The van der Waals surface area contributed by atoms with Crippen LogP contribution in [0.4, 0.5) is 0 Å². The van der Waals surface area contributed by atoms with Crippen LogP contribution in [0.25, 0.3) is 0 Å². The average molecular weight is 302 g/mol. The largest absolute Gasteiger partial charge is 0.329 e. The molecule has 1 aromatic rings. The lowest BCUT2D eigenvalue weighted by Gasteiger charge is -2.42. The van der Waals surface area contributed by atoms with Crippen molar-refractivity contribution in [3.8, 4) is 0 Å². The van der Waals surface area contributed by atoms with E-state index < -0.39 is 15.4 Å². The fraction of sp³-hybridized carbons (Fsp3) is 0.692. The van der Waals surface area contributed by atoms with Crippen LogP contribution in [0.1, 0.15) is 24.8 Å². The monoisotopic (exact) mass is 302 g/mol. The molecule has 0 amide bonds. The number of thiophene rings is 1. The predicted octanol–water partition coefficient (Wildman–Crippen LogP) is 1.47. The Kier molecular flexibility index (Phi) is 4.35. The van der Waals surface area contributed by atoms with Gasteiger partial charge in [0, 0.05) is 24.9 Å². The van der Waals surface area contributed by atoms with Gasteiger partial charge in [0.05, 0.1) is 5.25 Å². The fourth-order valence-corrected chi connectivity index (χ4v) is 5.72. The zero-order valence-corrected chi connectivity index (χ0v) is 13.1. The van der Waals surface area contributed by atoms with E-state index in [9.17, 15) is 8.42 Å². The number of rotatable bonds is 5. The number of nitrogens with two attached hydrogens (primary N) is 1. The molecule has 1 aliphatic rings.